The molecule has 0 saturated carbocycles. The van der Waals surface area contributed by atoms with Crippen molar-refractivity contribution in [1.29, 1.82) is 0 Å². The van der Waals surface area contributed by atoms with E-state index in [4.69, 9.17) is 23.2 Å². The second kappa shape index (κ2) is 16.1. The fourth-order valence-electron chi connectivity index (χ4n) is 7.72. The molecule has 0 aliphatic carbocycles. The quantitative estimate of drug-likeness (QED) is 0.158. The van der Waals surface area contributed by atoms with Gasteiger partial charge < -0.3 is 9.80 Å². The summed E-state index contributed by atoms with van der Waals surface area (Å²) in [6, 6.07) is 44.3. The number of hydrogen-bond donors (Lipinski definition) is 0. The lowest BCUT2D eigenvalue weighted by molar-refractivity contribution is 0.569. The fraction of sp³-hybridized carbons (Fsp3) is 0.309. The van der Waals surface area contributed by atoms with Crippen molar-refractivity contribution in [2.45, 2.75) is 112 Å². The molecule has 1 heterocycles. The van der Waals surface area contributed by atoms with Gasteiger partial charge in [-0.25, -0.2) is 0 Å². The second-order valence-electron chi connectivity index (χ2n) is 20.4. The summed E-state index contributed by atoms with van der Waals surface area (Å²) in [6.45, 7) is 29.4. The molecule has 0 bridgehead atoms. The van der Waals surface area contributed by atoms with Crippen LogP contribution in [0.1, 0.15) is 111 Å². The predicted molar refractivity (Wildman–Crippen MR) is 266 cm³/mol. The number of fused-ring (bicyclic) bond motifs is 1. The van der Waals surface area contributed by atoms with E-state index in [0.717, 1.165) is 39.7 Å². The summed E-state index contributed by atoms with van der Waals surface area (Å²) < 4.78 is 1.24. The van der Waals surface area contributed by atoms with Crippen LogP contribution in [0.15, 0.2) is 127 Å². The molecule has 310 valence electrons. The van der Waals surface area contributed by atoms with Crippen LogP contribution in [0.4, 0.5) is 34.1 Å². The van der Waals surface area contributed by atoms with Crippen LogP contribution in [-0.4, -0.2) is 0 Å². The van der Waals surface area contributed by atoms with E-state index in [-0.39, 0.29) is 21.7 Å². The zero-order chi connectivity index (χ0) is 43.5. The van der Waals surface area contributed by atoms with Gasteiger partial charge in [0.15, 0.2) is 0 Å². The Kier molecular flexibility index (Phi) is 11.7. The first-order valence-electron chi connectivity index (χ1n) is 21.0. The zero-order valence-corrected chi connectivity index (χ0v) is 40.0. The highest BCUT2D eigenvalue weighted by molar-refractivity contribution is 7.17. The molecule has 0 N–H and O–H groups in total. The molecule has 0 aliphatic heterocycles. The molecular formula is C55H60Cl2N2S. The minimum atomic E-state index is -0.000710. The Morgan fingerprint density at radius 1 is 0.433 bits per heavy atom. The molecule has 5 heteroatoms. The zero-order valence-electron chi connectivity index (χ0n) is 37.7. The van der Waals surface area contributed by atoms with Crippen molar-refractivity contribution in [3.8, 4) is 11.1 Å². The van der Waals surface area contributed by atoms with Gasteiger partial charge in [-0.2, -0.15) is 0 Å². The van der Waals surface area contributed by atoms with E-state index in [2.05, 4.69) is 214 Å². The summed E-state index contributed by atoms with van der Waals surface area (Å²) in [5, 5.41) is 4.78. The minimum absolute atomic E-state index is 0.000710. The lowest BCUT2D eigenvalue weighted by Crippen LogP contribution is -2.16. The second-order valence-corrected chi connectivity index (χ2v) is 22.2. The van der Waals surface area contributed by atoms with Crippen molar-refractivity contribution in [2.24, 2.45) is 0 Å². The number of benzene rings is 6. The molecule has 0 saturated heterocycles. The molecule has 6 aromatic carbocycles. The highest BCUT2D eigenvalue weighted by Gasteiger charge is 2.27. The van der Waals surface area contributed by atoms with Crippen LogP contribution >= 0.6 is 34.5 Å². The number of anilines is 6. The van der Waals surface area contributed by atoms with E-state index in [1.807, 2.05) is 12.1 Å². The number of halogens is 2. The Morgan fingerprint density at radius 2 is 0.933 bits per heavy atom. The van der Waals surface area contributed by atoms with E-state index in [9.17, 15) is 0 Å². The lowest BCUT2D eigenvalue weighted by atomic mass is 9.79. The van der Waals surface area contributed by atoms with Crippen molar-refractivity contribution in [2.75, 3.05) is 9.80 Å². The maximum atomic E-state index is 7.85. The third kappa shape index (κ3) is 8.92. The maximum absolute atomic E-state index is 7.85. The summed E-state index contributed by atoms with van der Waals surface area (Å²) >= 11 is 16.4. The first-order chi connectivity index (χ1) is 28.0. The van der Waals surface area contributed by atoms with Gasteiger partial charge in [0.05, 0.1) is 27.8 Å². The summed E-state index contributed by atoms with van der Waals surface area (Å²) in [6.07, 6.45) is 0. The van der Waals surface area contributed by atoms with Crippen molar-refractivity contribution < 1.29 is 0 Å². The average molecular weight is 852 g/mol. The van der Waals surface area contributed by atoms with E-state index in [1.54, 1.807) is 11.3 Å². The van der Waals surface area contributed by atoms with E-state index in [1.165, 1.54) is 43.5 Å². The summed E-state index contributed by atoms with van der Waals surface area (Å²) in [5.41, 5.74) is 14.6. The van der Waals surface area contributed by atoms with Crippen LogP contribution in [0, 0.1) is 6.92 Å². The van der Waals surface area contributed by atoms with Crippen LogP contribution in [0.5, 0.6) is 0 Å². The third-order valence-corrected chi connectivity index (χ3v) is 13.2. The van der Waals surface area contributed by atoms with Gasteiger partial charge in [0.2, 0.25) is 0 Å². The number of thiophene rings is 1. The Balaban J connectivity index is 1.42. The summed E-state index contributed by atoms with van der Waals surface area (Å²) in [5.74, 6) is 0. The molecule has 0 fully saturated rings. The largest absolute Gasteiger partial charge is 0.309 e. The molecule has 0 atom stereocenters. The maximum Gasteiger partial charge on any atom is 0.0887 e. The molecule has 2 nitrogen and oxygen atoms in total. The molecule has 0 amide bonds. The van der Waals surface area contributed by atoms with Gasteiger partial charge in [-0.1, -0.05) is 167 Å². The highest BCUT2D eigenvalue weighted by Crippen LogP contribution is 2.50. The van der Waals surface area contributed by atoms with Gasteiger partial charge in [-0.05, 0) is 128 Å². The van der Waals surface area contributed by atoms with Crippen LogP contribution in [0.2, 0.25) is 10.0 Å². The molecule has 0 radical (unpaired) electrons. The van der Waals surface area contributed by atoms with E-state index < -0.39 is 0 Å². The number of aryl methyl sites for hydroxylation is 1. The van der Waals surface area contributed by atoms with Gasteiger partial charge in [0.1, 0.15) is 0 Å². The van der Waals surface area contributed by atoms with Crippen molar-refractivity contribution in [3.63, 3.8) is 0 Å². The Labute approximate surface area is 373 Å². The standard InChI is InChI=1S/C55H60Cl2N2S/c1-35-17-23-42(56)33-48(35)58(43-24-18-36(19-25-43)37-29-40(54(8,9)10)31-41(30-37)55(11,12)13)46-15-14-16-47(51(46)57)59(44-26-20-38(21-27-44)52(2,3)4)49-34-60-50-28-22-39(32-45(49)50)53(5,6)7/h14-34H,1-13H3. The fourth-order valence-corrected chi connectivity index (χ4v) is 9.09. The van der Waals surface area contributed by atoms with Crippen LogP contribution in [-0.2, 0) is 21.7 Å². The molecule has 0 aliphatic rings. The molecule has 7 aromatic rings. The molecular weight excluding hydrogens is 792 g/mol. The molecule has 1 aromatic heterocycles. The van der Waals surface area contributed by atoms with Crippen molar-refractivity contribution in [3.05, 3.63) is 165 Å². The van der Waals surface area contributed by atoms with Gasteiger partial charge in [0, 0.05) is 31.9 Å². The average Bonchev–Trinajstić information content (AvgIpc) is 3.59. The third-order valence-electron chi connectivity index (χ3n) is 11.6. The van der Waals surface area contributed by atoms with Crippen LogP contribution in [0.3, 0.4) is 0 Å². The molecule has 0 spiro atoms. The first kappa shape index (κ1) is 43.5. The SMILES string of the molecule is Cc1ccc(Cl)cc1N(c1ccc(-c2cc(C(C)(C)C)cc(C(C)(C)C)c2)cc1)c1cccc(N(c2ccc(C(C)(C)C)cc2)c2csc3ccc(C(C)(C)C)cc23)c1Cl. The van der Waals surface area contributed by atoms with Crippen LogP contribution < -0.4 is 9.80 Å². The lowest BCUT2D eigenvalue weighted by Gasteiger charge is -2.32. The Morgan fingerprint density at radius 3 is 1.47 bits per heavy atom. The highest BCUT2D eigenvalue weighted by atomic mass is 35.5. The van der Waals surface area contributed by atoms with Gasteiger partial charge >= 0.3 is 0 Å². The molecule has 60 heavy (non-hydrogen) atoms. The summed E-state index contributed by atoms with van der Waals surface area (Å²) in [4.78, 5) is 4.60. The normalized spacial score (nSPS) is 12.6. The monoisotopic (exact) mass is 850 g/mol. The molecule has 7 rings (SSSR count). The van der Waals surface area contributed by atoms with Gasteiger partial charge in [-0.15, -0.1) is 11.3 Å². The molecule has 0 unspecified atom stereocenters. The Bertz CT molecular complexity index is 2630. The van der Waals surface area contributed by atoms with Gasteiger partial charge in [-0.3, -0.25) is 0 Å². The summed E-state index contributed by atoms with van der Waals surface area (Å²) in [7, 11) is 0. The number of rotatable bonds is 7. The first-order valence-corrected chi connectivity index (χ1v) is 22.7. The number of hydrogen-bond acceptors (Lipinski definition) is 3. The van der Waals surface area contributed by atoms with Crippen molar-refractivity contribution in [1.82, 2.24) is 0 Å². The topological polar surface area (TPSA) is 6.48 Å². The van der Waals surface area contributed by atoms with Crippen molar-refractivity contribution >= 4 is 78.7 Å². The van der Waals surface area contributed by atoms with Crippen LogP contribution in [0.25, 0.3) is 21.2 Å². The number of nitrogens with zero attached hydrogens (tertiary/aromatic N) is 2. The van der Waals surface area contributed by atoms with E-state index >= 15 is 0 Å². The minimum Gasteiger partial charge on any atom is -0.309 e. The Hall–Kier alpha value is -4.54. The van der Waals surface area contributed by atoms with Gasteiger partial charge in [0.25, 0.3) is 0 Å². The smallest absolute Gasteiger partial charge is 0.0887 e. The van der Waals surface area contributed by atoms with E-state index in [0.29, 0.717) is 10.0 Å². The predicted octanol–water partition coefficient (Wildman–Crippen LogP) is 18.3.